The Bertz CT molecular complexity index is 835. The van der Waals surface area contributed by atoms with E-state index in [4.69, 9.17) is 5.73 Å². The van der Waals surface area contributed by atoms with Crippen LogP contribution in [0.15, 0.2) is 24.5 Å². The molecule has 2 aromatic heterocycles. The van der Waals surface area contributed by atoms with E-state index in [0.717, 1.165) is 24.8 Å². The van der Waals surface area contributed by atoms with Gasteiger partial charge in [-0.2, -0.15) is 9.83 Å². The molecule has 1 aliphatic rings. The van der Waals surface area contributed by atoms with Gasteiger partial charge in [0.05, 0.1) is 5.56 Å². The van der Waals surface area contributed by atoms with E-state index in [-0.39, 0.29) is 12.5 Å². The number of aryl methyl sites for hydroxylation is 1. The number of pyridine rings is 1. The predicted molar refractivity (Wildman–Crippen MR) is 84.8 cm³/mol. The Morgan fingerprint density at radius 2 is 2.26 bits per heavy atom. The Hall–Kier alpha value is -2.72. The molecule has 0 saturated heterocycles. The number of thiophene rings is 1. The molecule has 2 heterocycles. The quantitative estimate of drug-likeness (QED) is 0.823. The van der Waals surface area contributed by atoms with Gasteiger partial charge in [0.2, 0.25) is 6.54 Å². The van der Waals surface area contributed by atoms with Crippen LogP contribution in [0.4, 0.5) is 5.00 Å². The summed E-state index contributed by atoms with van der Waals surface area (Å²) in [4.78, 5) is 24.6. The molecule has 2 aromatic rings. The molecule has 116 valence electrons. The van der Waals surface area contributed by atoms with E-state index in [0.29, 0.717) is 16.1 Å². The van der Waals surface area contributed by atoms with Crippen molar-refractivity contribution in [3.05, 3.63) is 46.1 Å². The van der Waals surface area contributed by atoms with Crippen LogP contribution in [-0.4, -0.2) is 11.8 Å². The van der Waals surface area contributed by atoms with E-state index in [1.165, 1.54) is 22.4 Å². The van der Waals surface area contributed by atoms with E-state index in [1.807, 2.05) is 0 Å². The second-order valence-corrected chi connectivity index (χ2v) is 6.46. The van der Waals surface area contributed by atoms with Crippen molar-refractivity contribution in [2.45, 2.75) is 25.8 Å². The van der Waals surface area contributed by atoms with Crippen LogP contribution in [-0.2, 0) is 24.2 Å². The highest BCUT2D eigenvalue weighted by Gasteiger charge is 2.23. The maximum Gasteiger partial charge on any atom is 0.290 e. The molecule has 0 spiro atoms. The van der Waals surface area contributed by atoms with Gasteiger partial charge in [0, 0.05) is 10.9 Å². The van der Waals surface area contributed by atoms with E-state index in [2.05, 4.69) is 11.4 Å². The van der Waals surface area contributed by atoms with Crippen molar-refractivity contribution in [3.8, 4) is 6.07 Å². The van der Waals surface area contributed by atoms with Gasteiger partial charge < -0.3 is 11.1 Å². The maximum absolute atomic E-state index is 12.2. The van der Waals surface area contributed by atoms with Crippen molar-refractivity contribution in [1.82, 2.24) is 0 Å². The Kier molecular flexibility index (Phi) is 4.08. The van der Waals surface area contributed by atoms with E-state index in [9.17, 15) is 14.9 Å². The molecule has 0 aliphatic heterocycles. The lowest BCUT2D eigenvalue weighted by molar-refractivity contribution is -0.684. The van der Waals surface area contributed by atoms with Crippen molar-refractivity contribution in [2.75, 3.05) is 5.32 Å². The van der Waals surface area contributed by atoms with Crippen LogP contribution >= 0.6 is 11.3 Å². The maximum atomic E-state index is 12.2. The lowest BCUT2D eigenvalue weighted by atomic mass is 10.1. The first kappa shape index (κ1) is 15.2. The molecule has 3 N–H and O–H groups in total. The van der Waals surface area contributed by atoms with Gasteiger partial charge in [0.15, 0.2) is 12.4 Å². The first-order chi connectivity index (χ1) is 11.1. The molecule has 0 fully saturated rings. The zero-order valence-corrected chi connectivity index (χ0v) is 13.2. The number of hydrogen-bond donors (Lipinski definition) is 2. The van der Waals surface area contributed by atoms with Crippen molar-refractivity contribution in [1.29, 1.82) is 5.26 Å². The molecule has 0 atom stereocenters. The molecule has 2 amide bonds. The Labute approximate surface area is 137 Å². The minimum absolute atomic E-state index is 0.0502. The standard InChI is InChI=1S/C16H14N4O2S/c17-7-12-11-4-1-5-13(11)23-16(12)19-14(21)9-20-6-2-3-10(8-20)15(18)22/h2-3,6,8H,1,4-5,9H2,(H2-,18,19,21,22)/p+1. The Morgan fingerprint density at radius 1 is 1.43 bits per heavy atom. The average molecular weight is 327 g/mol. The number of aromatic nitrogens is 1. The van der Waals surface area contributed by atoms with Crippen LogP contribution in [0.5, 0.6) is 0 Å². The summed E-state index contributed by atoms with van der Waals surface area (Å²) in [5.74, 6) is -0.783. The molecule has 0 aromatic carbocycles. The van der Waals surface area contributed by atoms with Crippen molar-refractivity contribution >= 4 is 28.2 Å². The third-order valence-corrected chi connectivity index (χ3v) is 4.96. The number of amides is 2. The number of primary amides is 1. The van der Waals surface area contributed by atoms with Gasteiger partial charge in [0.25, 0.3) is 11.8 Å². The molecule has 23 heavy (non-hydrogen) atoms. The lowest BCUT2D eigenvalue weighted by Crippen LogP contribution is -2.40. The molecule has 0 bridgehead atoms. The van der Waals surface area contributed by atoms with Gasteiger partial charge in [-0.15, -0.1) is 11.3 Å². The molecule has 0 saturated carbocycles. The number of rotatable bonds is 4. The third-order valence-electron chi connectivity index (χ3n) is 3.75. The molecule has 0 unspecified atom stereocenters. The molecule has 0 radical (unpaired) electrons. The first-order valence-corrected chi connectivity index (χ1v) is 8.03. The smallest absolute Gasteiger partial charge is 0.290 e. The van der Waals surface area contributed by atoms with Gasteiger partial charge in [-0.3, -0.25) is 9.59 Å². The van der Waals surface area contributed by atoms with Gasteiger partial charge in [0.1, 0.15) is 16.6 Å². The summed E-state index contributed by atoms with van der Waals surface area (Å²) in [6.07, 6.45) is 6.16. The van der Waals surface area contributed by atoms with Gasteiger partial charge >= 0.3 is 0 Å². The SMILES string of the molecule is N#Cc1c(NC(=O)C[n+]2cccc(C(N)=O)c2)sc2c1CCC2. The Morgan fingerprint density at radius 3 is 3.00 bits per heavy atom. The average Bonchev–Trinajstić information content (AvgIpc) is 3.07. The highest BCUT2D eigenvalue weighted by atomic mass is 32.1. The number of carbonyl (C=O) groups excluding carboxylic acids is 2. The van der Waals surface area contributed by atoms with Crippen LogP contribution in [0.1, 0.15) is 32.8 Å². The number of hydrogen-bond acceptors (Lipinski definition) is 4. The normalized spacial score (nSPS) is 12.5. The molecule has 7 heteroatoms. The van der Waals surface area contributed by atoms with E-state index < -0.39 is 5.91 Å². The van der Waals surface area contributed by atoms with Gasteiger partial charge in [-0.1, -0.05) is 0 Å². The fraction of sp³-hybridized carbons (Fsp3) is 0.250. The fourth-order valence-corrected chi connectivity index (χ4v) is 3.96. The number of nitriles is 1. The predicted octanol–water partition coefficient (Wildman–Crippen LogP) is 1.13. The first-order valence-electron chi connectivity index (χ1n) is 7.22. The fourth-order valence-electron chi connectivity index (χ4n) is 2.71. The number of fused-ring (bicyclic) bond motifs is 1. The Balaban J connectivity index is 1.75. The lowest BCUT2D eigenvalue weighted by Gasteiger charge is -2.02. The summed E-state index contributed by atoms with van der Waals surface area (Å²) in [6.45, 7) is 0.0502. The van der Waals surface area contributed by atoms with Gasteiger partial charge in [-0.25, -0.2) is 0 Å². The topological polar surface area (TPSA) is 99.9 Å². The highest BCUT2D eigenvalue weighted by Crippen LogP contribution is 2.38. The number of nitrogens with two attached hydrogens (primary N) is 1. The number of nitrogens with zero attached hydrogens (tertiary/aromatic N) is 2. The minimum atomic E-state index is -0.541. The minimum Gasteiger partial charge on any atom is -0.365 e. The van der Waals surface area contributed by atoms with Crippen molar-refractivity contribution < 1.29 is 14.2 Å². The number of carbonyl (C=O) groups is 2. The molecule has 1 aliphatic carbocycles. The zero-order valence-electron chi connectivity index (χ0n) is 12.3. The molecular weight excluding hydrogens is 312 g/mol. The van der Waals surface area contributed by atoms with Crippen LogP contribution < -0.4 is 15.6 Å². The number of nitrogens with one attached hydrogen (secondary N) is 1. The zero-order chi connectivity index (χ0) is 16.4. The largest absolute Gasteiger partial charge is 0.365 e. The molecule has 3 rings (SSSR count). The van der Waals surface area contributed by atoms with Crippen LogP contribution in [0.2, 0.25) is 0 Å². The summed E-state index contributed by atoms with van der Waals surface area (Å²) in [6, 6.07) is 5.45. The summed E-state index contributed by atoms with van der Waals surface area (Å²) in [5, 5.41) is 12.7. The second kappa shape index (κ2) is 6.18. The van der Waals surface area contributed by atoms with Gasteiger partial charge in [-0.05, 0) is 30.9 Å². The third kappa shape index (κ3) is 3.07. The van der Waals surface area contributed by atoms with Crippen LogP contribution in [0.3, 0.4) is 0 Å². The van der Waals surface area contributed by atoms with Crippen LogP contribution in [0, 0.1) is 11.3 Å². The van der Waals surface area contributed by atoms with Crippen molar-refractivity contribution in [3.63, 3.8) is 0 Å². The molecule has 6 nitrogen and oxygen atoms in total. The number of anilines is 1. The monoisotopic (exact) mass is 327 g/mol. The summed E-state index contributed by atoms with van der Waals surface area (Å²) >= 11 is 1.48. The summed E-state index contributed by atoms with van der Waals surface area (Å²) in [7, 11) is 0. The highest BCUT2D eigenvalue weighted by molar-refractivity contribution is 7.16. The summed E-state index contributed by atoms with van der Waals surface area (Å²) in [5.41, 5.74) is 7.24. The van der Waals surface area contributed by atoms with E-state index in [1.54, 1.807) is 22.9 Å². The van der Waals surface area contributed by atoms with E-state index >= 15 is 0 Å². The molecular formula is C16H15N4O2S+. The van der Waals surface area contributed by atoms with Crippen molar-refractivity contribution in [2.24, 2.45) is 5.73 Å². The second-order valence-electron chi connectivity index (χ2n) is 5.35. The summed E-state index contributed by atoms with van der Waals surface area (Å²) < 4.78 is 1.59. The van der Waals surface area contributed by atoms with Crippen LogP contribution in [0.25, 0.3) is 0 Å².